The van der Waals surface area contributed by atoms with Crippen molar-refractivity contribution >= 4 is 0 Å². The number of hydrogen-bond donors (Lipinski definition) is 0. The summed E-state index contributed by atoms with van der Waals surface area (Å²) in [6.07, 6.45) is -8.55. The summed E-state index contributed by atoms with van der Waals surface area (Å²) in [4.78, 5) is 0. The molecule has 2 aliphatic rings. The maximum atomic E-state index is 7.56. The zero-order valence-corrected chi connectivity index (χ0v) is 44.6. The van der Waals surface area contributed by atoms with Gasteiger partial charge in [-0.05, 0) is 44.5 Å². The number of benzene rings is 8. The van der Waals surface area contributed by atoms with Crippen molar-refractivity contribution in [1.82, 2.24) is 0 Å². The van der Waals surface area contributed by atoms with E-state index < -0.39 is 67.5 Å². The minimum Gasteiger partial charge on any atom is -0.374 e. The molecule has 0 radical (unpaired) electrons. The first-order chi connectivity index (χ1) is 39.1. The molecule has 0 aromatic heterocycles. The van der Waals surface area contributed by atoms with Gasteiger partial charge in [-0.1, -0.05) is 243 Å². The van der Waals surface area contributed by atoms with Crippen molar-refractivity contribution in [2.24, 2.45) is 0 Å². The van der Waals surface area contributed by atoms with Gasteiger partial charge in [0, 0.05) is 7.11 Å². The first-order valence-electron chi connectivity index (χ1n) is 27.2. The van der Waals surface area contributed by atoms with Crippen LogP contribution in [0.5, 0.6) is 0 Å². The lowest BCUT2D eigenvalue weighted by Gasteiger charge is -2.48. The van der Waals surface area contributed by atoms with Gasteiger partial charge in [-0.3, -0.25) is 0 Å². The quantitative estimate of drug-likeness (QED) is 0.0492. The highest BCUT2D eigenvalue weighted by atomic mass is 16.8. The third-order valence-electron chi connectivity index (χ3n) is 14.2. The van der Waals surface area contributed by atoms with E-state index >= 15 is 0 Å². The van der Waals surface area contributed by atoms with E-state index in [2.05, 4.69) is 36.4 Å². The Kier molecular flexibility index (Phi) is 20.8. The lowest BCUT2D eigenvalue weighted by atomic mass is 9.95. The van der Waals surface area contributed by atoms with Crippen molar-refractivity contribution in [2.45, 2.75) is 107 Å². The molecule has 408 valence electrons. The van der Waals surface area contributed by atoms with Gasteiger partial charge in [0.2, 0.25) is 0 Å². The molecule has 8 aromatic rings. The van der Waals surface area contributed by atoms with Crippen LogP contribution in [0.1, 0.15) is 50.6 Å². The molecule has 2 aliphatic heterocycles. The van der Waals surface area contributed by atoms with Crippen molar-refractivity contribution in [3.63, 3.8) is 0 Å². The van der Waals surface area contributed by atoms with Crippen molar-refractivity contribution in [3.05, 3.63) is 287 Å². The summed E-state index contributed by atoms with van der Waals surface area (Å²) in [5.41, 5.74) is 7.86. The Morgan fingerprint density at radius 2 is 0.608 bits per heavy atom. The van der Waals surface area contributed by atoms with Gasteiger partial charge in [0.15, 0.2) is 12.6 Å². The molecule has 0 N–H and O–H groups in total. The fraction of sp³-hybridized carbons (Fsp3) is 0.294. The second-order valence-electron chi connectivity index (χ2n) is 19.8. The lowest BCUT2D eigenvalue weighted by Crippen LogP contribution is -2.64. The third-order valence-corrected chi connectivity index (χ3v) is 14.2. The van der Waals surface area contributed by atoms with Crippen LogP contribution in [0.15, 0.2) is 243 Å². The van der Waals surface area contributed by atoms with Crippen LogP contribution in [0, 0.1) is 0 Å². The number of ether oxygens (including phenoxy) is 11. The lowest BCUT2D eigenvalue weighted by molar-refractivity contribution is -0.352. The van der Waals surface area contributed by atoms with Crippen LogP contribution in [-0.2, 0) is 91.7 Å². The highest BCUT2D eigenvalue weighted by Gasteiger charge is 2.53. The van der Waals surface area contributed by atoms with Crippen LogP contribution in [-0.4, -0.2) is 81.7 Å². The molecule has 0 bridgehead atoms. The average molecular weight is 1060 g/mol. The van der Waals surface area contributed by atoms with E-state index in [0.717, 1.165) is 44.5 Å². The van der Waals surface area contributed by atoms with Crippen LogP contribution in [0.2, 0.25) is 0 Å². The zero-order chi connectivity index (χ0) is 53.7. The fourth-order valence-corrected chi connectivity index (χ4v) is 10.1. The highest BCUT2D eigenvalue weighted by molar-refractivity contribution is 5.30. The summed E-state index contributed by atoms with van der Waals surface area (Å²) in [5, 5.41) is 0. The van der Waals surface area contributed by atoms with E-state index in [1.807, 2.05) is 206 Å². The molecule has 11 heteroatoms. The van der Waals surface area contributed by atoms with Gasteiger partial charge in [-0.25, -0.2) is 0 Å². The predicted molar refractivity (Wildman–Crippen MR) is 301 cm³/mol. The molecule has 2 saturated heterocycles. The largest absolute Gasteiger partial charge is 0.374 e. The van der Waals surface area contributed by atoms with E-state index in [-0.39, 0.29) is 46.2 Å². The number of methoxy groups -OCH3 is 1. The summed E-state index contributed by atoms with van der Waals surface area (Å²) in [7, 11) is 1.62. The molecule has 10 atom stereocenters. The van der Waals surface area contributed by atoms with E-state index in [4.69, 9.17) is 52.1 Å². The summed E-state index contributed by atoms with van der Waals surface area (Å²) in [5.74, 6) is 0. The van der Waals surface area contributed by atoms with Crippen molar-refractivity contribution in [1.29, 1.82) is 0 Å². The van der Waals surface area contributed by atoms with Gasteiger partial charge in [0.25, 0.3) is 0 Å². The zero-order valence-electron chi connectivity index (χ0n) is 44.6. The Hall–Kier alpha value is -6.68. The molecule has 2 fully saturated rings. The molecule has 10 rings (SSSR count). The molecule has 0 aliphatic carbocycles. The molecular formula is C68H70O11. The van der Waals surface area contributed by atoms with Crippen LogP contribution in [0.4, 0.5) is 0 Å². The predicted octanol–water partition coefficient (Wildman–Crippen LogP) is 12.4. The van der Waals surface area contributed by atoms with Crippen molar-refractivity contribution < 1.29 is 52.1 Å². The molecule has 0 spiro atoms. The second kappa shape index (κ2) is 29.5. The molecule has 0 unspecified atom stereocenters. The molecule has 11 nitrogen and oxygen atoms in total. The second-order valence-corrected chi connectivity index (χ2v) is 19.8. The van der Waals surface area contributed by atoms with Gasteiger partial charge in [-0.15, -0.1) is 0 Å². The Balaban J connectivity index is 1.03. The molecule has 2 heterocycles. The SMILES string of the molecule is CO[C@H]1O[C@H](CO[C@@H]2O[C@H](COCc3ccccc3)[C@@H](OCc3ccccc3)[C@H](OCc3ccccc3)[C@H]2OC(c2ccccc2)c2ccccc2)[C@@H](OCc2ccccc2)[C@H](OCc2ccccc2)[C@H]1OCc1ccccc1. The molecule has 8 aromatic carbocycles. The van der Waals surface area contributed by atoms with Crippen LogP contribution < -0.4 is 0 Å². The summed E-state index contributed by atoms with van der Waals surface area (Å²) >= 11 is 0. The van der Waals surface area contributed by atoms with E-state index in [0.29, 0.717) is 6.61 Å². The minimum atomic E-state index is -1.08. The van der Waals surface area contributed by atoms with E-state index in [1.165, 1.54) is 0 Å². The first-order valence-corrected chi connectivity index (χ1v) is 27.2. The highest BCUT2D eigenvalue weighted by Crippen LogP contribution is 2.38. The van der Waals surface area contributed by atoms with Crippen LogP contribution >= 0.6 is 0 Å². The van der Waals surface area contributed by atoms with Crippen LogP contribution in [0.25, 0.3) is 0 Å². The van der Waals surface area contributed by atoms with Gasteiger partial charge < -0.3 is 52.1 Å². The third kappa shape index (κ3) is 15.8. The van der Waals surface area contributed by atoms with Gasteiger partial charge in [-0.2, -0.15) is 0 Å². The maximum Gasteiger partial charge on any atom is 0.187 e. The van der Waals surface area contributed by atoms with Crippen LogP contribution in [0.3, 0.4) is 0 Å². The topological polar surface area (TPSA) is 102 Å². The number of hydrogen-bond acceptors (Lipinski definition) is 11. The average Bonchev–Trinajstić information content (AvgIpc) is 3.53. The smallest absolute Gasteiger partial charge is 0.187 e. The van der Waals surface area contributed by atoms with Gasteiger partial charge >= 0.3 is 0 Å². The Labute approximate surface area is 464 Å². The van der Waals surface area contributed by atoms with E-state index in [9.17, 15) is 0 Å². The monoisotopic (exact) mass is 1060 g/mol. The van der Waals surface area contributed by atoms with Gasteiger partial charge in [0.1, 0.15) is 54.9 Å². The van der Waals surface area contributed by atoms with Crippen molar-refractivity contribution in [2.75, 3.05) is 20.3 Å². The Morgan fingerprint density at radius 3 is 0.987 bits per heavy atom. The Bertz CT molecular complexity index is 2870. The fourth-order valence-electron chi connectivity index (χ4n) is 10.1. The summed E-state index contributed by atoms with van der Waals surface area (Å²) in [6.45, 7) is 1.82. The minimum absolute atomic E-state index is 0.0413. The number of rotatable bonds is 27. The van der Waals surface area contributed by atoms with Gasteiger partial charge in [0.05, 0.1) is 52.9 Å². The maximum absolute atomic E-state index is 7.56. The normalized spacial score (nSPS) is 23.1. The molecule has 0 saturated carbocycles. The standard InChI is InChI=1S/C68H70O11/c1-69-67-65(75-47-55-36-20-7-21-37-55)63(73-45-53-32-16-5-17-33-53)62(72-44-52-30-14-4-15-31-52)59(77-67)49-76-68-66(79-60(56-38-22-8-23-39-56)57-40-24-9-25-41-57)64(74-46-54-34-18-6-19-35-54)61(71-43-51-28-12-3-13-29-51)58(78-68)48-70-42-50-26-10-2-11-27-50/h2-41,58-68H,42-49H2,1H3/t58-,59-,61-,62-,63+,64+,65-,66-,67+,68-/m1/s1. The summed E-state index contributed by atoms with van der Waals surface area (Å²) in [6, 6.07) is 80.8. The molecular weight excluding hydrogens is 993 g/mol. The molecule has 0 amide bonds. The van der Waals surface area contributed by atoms with E-state index in [1.54, 1.807) is 7.11 Å². The first kappa shape index (κ1) is 55.6. The Morgan fingerprint density at radius 1 is 0.304 bits per heavy atom. The van der Waals surface area contributed by atoms with Crippen molar-refractivity contribution in [3.8, 4) is 0 Å². The summed E-state index contributed by atoms with van der Waals surface area (Å²) < 4.78 is 76.9. The molecule has 79 heavy (non-hydrogen) atoms.